The number of fused-ring (bicyclic) bond motifs is 1. The van der Waals surface area contributed by atoms with E-state index in [4.69, 9.17) is 4.84 Å². The fourth-order valence-corrected chi connectivity index (χ4v) is 2.83. The zero-order valence-electron chi connectivity index (χ0n) is 13.9. The van der Waals surface area contributed by atoms with Crippen molar-refractivity contribution < 1.29 is 22.4 Å². The van der Waals surface area contributed by atoms with Crippen molar-refractivity contribution in [2.75, 3.05) is 18.2 Å². The summed E-state index contributed by atoms with van der Waals surface area (Å²) < 4.78 is 36.8. The number of hydrogen-bond donors (Lipinski definition) is 1. The van der Waals surface area contributed by atoms with Gasteiger partial charge in [-0.15, -0.1) is 5.10 Å². The molecule has 0 saturated heterocycles. The van der Waals surface area contributed by atoms with Crippen LogP contribution in [0.1, 0.15) is 5.56 Å². The van der Waals surface area contributed by atoms with Crippen LogP contribution in [0.15, 0.2) is 41.3 Å². The maximum atomic E-state index is 13.5. The number of hydrogen-bond acceptors (Lipinski definition) is 6. The molecular weight excluding hydrogens is 363 g/mol. The van der Waals surface area contributed by atoms with E-state index in [1.54, 1.807) is 19.1 Å². The average molecular weight is 378 g/mol. The zero-order chi connectivity index (χ0) is 18.9. The van der Waals surface area contributed by atoms with Gasteiger partial charge in [0.1, 0.15) is 16.9 Å². The molecule has 1 aromatic heterocycles. The number of nitrogens with zero attached hydrogens (tertiary/aromatic N) is 3. The Balaban J connectivity index is 1.72. The van der Waals surface area contributed by atoms with Crippen molar-refractivity contribution >= 4 is 32.5 Å². The molecule has 0 aliphatic heterocycles. The monoisotopic (exact) mass is 378 g/mol. The Kier molecular flexibility index (Phi) is 4.60. The minimum absolute atomic E-state index is 0.0803. The minimum atomic E-state index is -3.41. The van der Waals surface area contributed by atoms with Gasteiger partial charge in [-0.1, -0.05) is 10.9 Å². The number of carbonyl (C=O) groups excluding carboxylic acids is 1. The Labute approximate surface area is 148 Å². The van der Waals surface area contributed by atoms with Gasteiger partial charge in [-0.05, 0) is 48.0 Å². The smallest absolute Gasteiger partial charge is 0.265 e. The number of benzene rings is 2. The molecule has 3 rings (SSSR count). The summed E-state index contributed by atoms with van der Waals surface area (Å²) in [6, 6.07) is 8.58. The molecular formula is C16H15FN4O4S. The SMILES string of the molecule is Cc1ccc(NC(=O)COn2nnc3ccc(S(C)(=O)=O)cc32)cc1F. The van der Waals surface area contributed by atoms with Gasteiger partial charge in [0.2, 0.25) is 0 Å². The number of aryl methyl sites for hydroxylation is 1. The van der Waals surface area contributed by atoms with Crippen molar-refractivity contribution in [2.24, 2.45) is 0 Å². The fraction of sp³-hybridized carbons (Fsp3) is 0.188. The Morgan fingerprint density at radius 1 is 1.27 bits per heavy atom. The lowest BCUT2D eigenvalue weighted by molar-refractivity contribution is -0.121. The number of halogens is 1. The molecule has 0 saturated carbocycles. The molecule has 1 N–H and O–H groups in total. The average Bonchev–Trinajstić information content (AvgIpc) is 2.98. The van der Waals surface area contributed by atoms with Crippen molar-refractivity contribution in [3.63, 3.8) is 0 Å². The Hall–Kier alpha value is -3.01. The summed E-state index contributed by atoms with van der Waals surface area (Å²) in [4.78, 5) is 18.3. The highest BCUT2D eigenvalue weighted by molar-refractivity contribution is 7.90. The largest absolute Gasteiger partial charge is 0.385 e. The van der Waals surface area contributed by atoms with E-state index in [9.17, 15) is 17.6 Å². The Morgan fingerprint density at radius 3 is 2.73 bits per heavy atom. The molecule has 0 aliphatic rings. The molecule has 3 aromatic rings. The first-order valence-corrected chi connectivity index (χ1v) is 9.38. The van der Waals surface area contributed by atoms with Gasteiger partial charge >= 0.3 is 0 Å². The summed E-state index contributed by atoms with van der Waals surface area (Å²) in [5, 5.41) is 10.1. The van der Waals surface area contributed by atoms with Crippen molar-refractivity contribution in [3.8, 4) is 0 Å². The van der Waals surface area contributed by atoms with E-state index >= 15 is 0 Å². The molecule has 0 atom stereocenters. The highest BCUT2D eigenvalue weighted by Crippen LogP contribution is 2.17. The molecule has 1 amide bonds. The number of nitrogens with one attached hydrogen (secondary N) is 1. The summed E-state index contributed by atoms with van der Waals surface area (Å²) >= 11 is 0. The highest BCUT2D eigenvalue weighted by Gasteiger charge is 2.13. The summed E-state index contributed by atoms with van der Waals surface area (Å²) in [5.41, 5.74) is 1.49. The quantitative estimate of drug-likeness (QED) is 0.719. The topological polar surface area (TPSA) is 103 Å². The number of amides is 1. The van der Waals surface area contributed by atoms with Crippen molar-refractivity contribution in [2.45, 2.75) is 11.8 Å². The molecule has 136 valence electrons. The van der Waals surface area contributed by atoms with E-state index in [1.807, 2.05) is 0 Å². The van der Waals surface area contributed by atoms with Gasteiger partial charge in [-0.25, -0.2) is 12.8 Å². The molecule has 0 unspecified atom stereocenters. The second-order valence-electron chi connectivity index (χ2n) is 5.67. The van der Waals surface area contributed by atoms with Gasteiger partial charge in [0.05, 0.1) is 4.90 Å². The predicted molar refractivity (Wildman–Crippen MR) is 91.9 cm³/mol. The first kappa shape index (κ1) is 17.8. The van der Waals surface area contributed by atoms with E-state index in [2.05, 4.69) is 15.6 Å². The highest BCUT2D eigenvalue weighted by atomic mass is 32.2. The standard InChI is InChI=1S/C16H15FN4O4S/c1-10-3-4-11(7-13(10)17)18-16(22)9-25-21-15-8-12(26(2,23)24)5-6-14(15)19-20-21/h3-8H,9H2,1-2H3,(H,18,22). The van der Waals surface area contributed by atoms with Gasteiger partial charge in [0, 0.05) is 11.9 Å². The van der Waals surface area contributed by atoms with Crippen LogP contribution < -0.4 is 10.2 Å². The minimum Gasteiger partial charge on any atom is -0.385 e. The number of aromatic nitrogens is 3. The lowest BCUT2D eigenvalue weighted by Gasteiger charge is -2.08. The summed E-state index contributed by atoms with van der Waals surface area (Å²) in [6.45, 7) is 1.20. The molecule has 26 heavy (non-hydrogen) atoms. The van der Waals surface area contributed by atoms with Crippen molar-refractivity contribution in [3.05, 3.63) is 47.8 Å². The maximum Gasteiger partial charge on any atom is 0.265 e. The van der Waals surface area contributed by atoms with Crippen LogP contribution in [-0.4, -0.2) is 42.3 Å². The van der Waals surface area contributed by atoms with E-state index in [1.165, 1.54) is 24.3 Å². The molecule has 0 aliphatic carbocycles. The molecule has 1 heterocycles. The summed E-state index contributed by atoms with van der Waals surface area (Å²) in [5.74, 6) is -0.963. The first-order valence-electron chi connectivity index (χ1n) is 7.49. The Morgan fingerprint density at radius 2 is 2.04 bits per heavy atom. The summed E-state index contributed by atoms with van der Waals surface area (Å²) in [6.07, 6.45) is 1.08. The number of carbonyl (C=O) groups is 1. The lowest BCUT2D eigenvalue weighted by Crippen LogP contribution is -2.26. The number of sulfone groups is 1. The van der Waals surface area contributed by atoms with Gasteiger partial charge in [0.15, 0.2) is 16.4 Å². The zero-order valence-corrected chi connectivity index (χ0v) is 14.7. The van der Waals surface area contributed by atoms with Crippen LogP contribution in [0.5, 0.6) is 0 Å². The van der Waals surface area contributed by atoms with Crippen LogP contribution in [-0.2, 0) is 14.6 Å². The molecule has 0 spiro atoms. The van der Waals surface area contributed by atoms with E-state index < -0.39 is 28.2 Å². The third-order valence-corrected chi connectivity index (χ3v) is 4.70. The van der Waals surface area contributed by atoms with Crippen LogP contribution >= 0.6 is 0 Å². The van der Waals surface area contributed by atoms with E-state index in [0.717, 1.165) is 11.1 Å². The predicted octanol–water partition coefficient (Wildman–Crippen LogP) is 1.35. The molecule has 2 aromatic carbocycles. The van der Waals surface area contributed by atoms with E-state index in [0.29, 0.717) is 22.3 Å². The lowest BCUT2D eigenvalue weighted by atomic mass is 10.2. The molecule has 0 fully saturated rings. The molecule has 8 nitrogen and oxygen atoms in total. The number of anilines is 1. The van der Waals surface area contributed by atoms with Gasteiger partial charge in [-0.2, -0.15) is 0 Å². The van der Waals surface area contributed by atoms with Crippen molar-refractivity contribution in [1.82, 2.24) is 15.2 Å². The maximum absolute atomic E-state index is 13.5. The second-order valence-corrected chi connectivity index (χ2v) is 7.69. The van der Waals surface area contributed by atoms with Gasteiger partial charge in [-0.3, -0.25) is 4.79 Å². The van der Waals surface area contributed by atoms with Crippen LogP contribution in [0.25, 0.3) is 11.0 Å². The van der Waals surface area contributed by atoms with Gasteiger partial charge < -0.3 is 10.2 Å². The molecule has 10 heteroatoms. The third-order valence-electron chi connectivity index (χ3n) is 3.59. The Bertz CT molecular complexity index is 1090. The normalized spacial score (nSPS) is 11.5. The molecule has 0 radical (unpaired) electrons. The van der Waals surface area contributed by atoms with Crippen LogP contribution in [0, 0.1) is 12.7 Å². The summed E-state index contributed by atoms with van der Waals surface area (Å²) in [7, 11) is -3.41. The van der Waals surface area contributed by atoms with Crippen molar-refractivity contribution in [1.29, 1.82) is 0 Å². The number of rotatable bonds is 5. The van der Waals surface area contributed by atoms with E-state index in [-0.39, 0.29) is 4.90 Å². The fourth-order valence-electron chi connectivity index (χ4n) is 2.19. The molecule has 0 bridgehead atoms. The third kappa shape index (κ3) is 3.80. The van der Waals surface area contributed by atoms with Gasteiger partial charge in [0.25, 0.3) is 5.91 Å². The second kappa shape index (κ2) is 6.71. The van der Waals surface area contributed by atoms with Crippen LogP contribution in [0.2, 0.25) is 0 Å². The van der Waals surface area contributed by atoms with Crippen LogP contribution in [0.4, 0.5) is 10.1 Å². The van der Waals surface area contributed by atoms with Crippen LogP contribution in [0.3, 0.4) is 0 Å². The first-order chi connectivity index (χ1) is 12.2.